The summed E-state index contributed by atoms with van der Waals surface area (Å²) in [7, 11) is 1.57. The monoisotopic (exact) mass is 188 g/mol. The van der Waals surface area contributed by atoms with Crippen molar-refractivity contribution >= 4 is 10.8 Å². The number of phenols is 1. The molecule has 2 nitrogen and oxygen atoms in total. The van der Waals surface area contributed by atoms with Crippen LogP contribution in [0.25, 0.3) is 10.8 Å². The van der Waals surface area contributed by atoms with Crippen LogP contribution in [-0.4, -0.2) is 12.2 Å². The van der Waals surface area contributed by atoms with Gasteiger partial charge in [0.05, 0.1) is 7.11 Å². The molecule has 0 saturated heterocycles. The van der Waals surface area contributed by atoms with Crippen molar-refractivity contribution in [2.75, 3.05) is 7.11 Å². The smallest absolute Gasteiger partial charge is 0.168 e. The Balaban J connectivity index is 2.90. The number of rotatable bonds is 1. The lowest BCUT2D eigenvalue weighted by Crippen LogP contribution is -1.87. The quantitative estimate of drug-likeness (QED) is 0.745. The average molecular weight is 188 g/mol. The molecule has 0 unspecified atom stereocenters. The first-order valence-corrected chi connectivity index (χ1v) is 4.49. The third-order valence-electron chi connectivity index (χ3n) is 2.39. The van der Waals surface area contributed by atoms with Gasteiger partial charge in [0.25, 0.3) is 0 Å². The molecule has 2 aromatic rings. The van der Waals surface area contributed by atoms with Gasteiger partial charge in [-0.1, -0.05) is 24.3 Å². The highest BCUT2D eigenvalue weighted by Gasteiger charge is 2.08. The molecule has 14 heavy (non-hydrogen) atoms. The highest BCUT2D eigenvalue weighted by Crippen LogP contribution is 2.36. The van der Waals surface area contributed by atoms with Crippen LogP contribution in [-0.2, 0) is 0 Å². The zero-order chi connectivity index (χ0) is 10.1. The maximum atomic E-state index is 9.66. The molecule has 0 atom stereocenters. The van der Waals surface area contributed by atoms with E-state index in [1.807, 2.05) is 31.2 Å². The first-order valence-electron chi connectivity index (χ1n) is 4.49. The van der Waals surface area contributed by atoms with E-state index in [1.165, 1.54) is 0 Å². The SMILES string of the molecule is COc1c(O)cc(C)c2ccccc12. The van der Waals surface area contributed by atoms with Crippen LogP contribution in [0.5, 0.6) is 11.5 Å². The van der Waals surface area contributed by atoms with E-state index >= 15 is 0 Å². The van der Waals surface area contributed by atoms with E-state index in [0.29, 0.717) is 5.75 Å². The van der Waals surface area contributed by atoms with Crippen molar-refractivity contribution in [2.45, 2.75) is 6.92 Å². The van der Waals surface area contributed by atoms with Crippen molar-refractivity contribution in [1.29, 1.82) is 0 Å². The van der Waals surface area contributed by atoms with Gasteiger partial charge in [-0.25, -0.2) is 0 Å². The maximum absolute atomic E-state index is 9.66. The number of ether oxygens (including phenoxy) is 1. The minimum Gasteiger partial charge on any atom is -0.504 e. The molecule has 0 aliphatic rings. The summed E-state index contributed by atoms with van der Waals surface area (Å²) in [6.07, 6.45) is 0. The second-order valence-corrected chi connectivity index (χ2v) is 3.29. The van der Waals surface area contributed by atoms with E-state index in [-0.39, 0.29) is 5.75 Å². The second-order valence-electron chi connectivity index (χ2n) is 3.29. The highest BCUT2D eigenvalue weighted by molar-refractivity contribution is 5.93. The minimum atomic E-state index is 0.198. The fraction of sp³-hybridized carbons (Fsp3) is 0.167. The van der Waals surface area contributed by atoms with Gasteiger partial charge in [0, 0.05) is 5.39 Å². The van der Waals surface area contributed by atoms with Crippen LogP contribution in [0, 0.1) is 6.92 Å². The van der Waals surface area contributed by atoms with Gasteiger partial charge in [-0.2, -0.15) is 0 Å². The van der Waals surface area contributed by atoms with E-state index < -0.39 is 0 Å². The Kier molecular flexibility index (Phi) is 2.04. The summed E-state index contributed by atoms with van der Waals surface area (Å²) >= 11 is 0. The van der Waals surface area contributed by atoms with Crippen LogP contribution in [0.15, 0.2) is 30.3 Å². The summed E-state index contributed by atoms with van der Waals surface area (Å²) in [5.41, 5.74) is 1.05. The van der Waals surface area contributed by atoms with Crippen LogP contribution in [0.3, 0.4) is 0 Å². The van der Waals surface area contributed by atoms with E-state index in [0.717, 1.165) is 16.3 Å². The van der Waals surface area contributed by atoms with Crippen LogP contribution >= 0.6 is 0 Å². The Morgan fingerprint density at radius 1 is 1.14 bits per heavy atom. The van der Waals surface area contributed by atoms with Crippen molar-refractivity contribution < 1.29 is 9.84 Å². The Morgan fingerprint density at radius 2 is 1.79 bits per heavy atom. The fourth-order valence-corrected chi connectivity index (χ4v) is 1.73. The third-order valence-corrected chi connectivity index (χ3v) is 2.39. The Labute approximate surface area is 82.8 Å². The fourth-order valence-electron chi connectivity index (χ4n) is 1.73. The van der Waals surface area contributed by atoms with Crippen molar-refractivity contribution in [1.82, 2.24) is 0 Å². The summed E-state index contributed by atoms with van der Waals surface area (Å²) in [6, 6.07) is 9.60. The number of hydrogen-bond donors (Lipinski definition) is 1. The average Bonchev–Trinajstić information content (AvgIpc) is 2.18. The summed E-state index contributed by atoms with van der Waals surface area (Å²) in [5.74, 6) is 0.745. The minimum absolute atomic E-state index is 0.198. The summed E-state index contributed by atoms with van der Waals surface area (Å²) in [5, 5.41) is 11.7. The molecule has 2 heteroatoms. The second kappa shape index (κ2) is 3.22. The molecule has 0 radical (unpaired) electrons. The van der Waals surface area contributed by atoms with E-state index in [9.17, 15) is 5.11 Å². The van der Waals surface area contributed by atoms with Gasteiger partial charge in [0.15, 0.2) is 11.5 Å². The first-order chi connectivity index (χ1) is 6.74. The lowest BCUT2D eigenvalue weighted by Gasteiger charge is -2.09. The molecular formula is C12H12O2. The Morgan fingerprint density at radius 3 is 2.43 bits per heavy atom. The van der Waals surface area contributed by atoms with Crippen molar-refractivity contribution in [2.24, 2.45) is 0 Å². The maximum Gasteiger partial charge on any atom is 0.168 e. The van der Waals surface area contributed by atoms with Gasteiger partial charge < -0.3 is 9.84 Å². The van der Waals surface area contributed by atoms with Crippen LogP contribution < -0.4 is 4.74 Å². The molecule has 0 fully saturated rings. The molecule has 0 spiro atoms. The summed E-state index contributed by atoms with van der Waals surface area (Å²) in [4.78, 5) is 0. The lowest BCUT2D eigenvalue weighted by molar-refractivity contribution is 0.378. The molecule has 0 aromatic heterocycles. The molecule has 72 valence electrons. The van der Waals surface area contributed by atoms with Crippen molar-refractivity contribution in [3.8, 4) is 11.5 Å². The van der Waals surface area contributed by atoms with E-state index in [4.69, 9.17) is 4.74 Å². The van der Waals surface area contributed by atoms with Gasteiger partial charge in [0.2, 0.25) is 0 Å². The van der Waals surface area contributed by atoms with Crippen LogP contribution in [0.1, 0.15) is 5.56 Å². The molecule has 0 saturated carbocycles. The predicted molar refractivity (Wildman–Crippen MR) is 56.9 cm³/mol. The topological polar surface area (TPSA) is 29.5 Å². The predicted octanol–water partition coefficient (Wildman–Crippen LogP) is 2.86. The Bertz CT molecular complexity index is 475. The highest BCUT2D eigenvalue weighted by atomic mass is 16.5. The molecule has 2 aromatic carbocycles. The standard InChI is InChI=1S/C12H12O2/c1-8-7-11(13)12(14-2)10-6-4-3-5-9(8)10/h3-7,13H,1-2H3. The molecule has 0 heterocycles. The van der Waals surface area contributed by atoms with Crippen molar-refractivity contribution in [3.63, 3.8) is 0 Å². The normalized spacial score (nSPS) is 10.4. The number of benzene rings is 2. The lowest BCUT2D eigenvalue weighted by atomic mass is 10.0. The number of aryl methyl sites for hydroxylation is 1. The van der Waals surface area contributed by atoms with Gasteiger partial charge in [-0.05, 0) is 23.9 Å². The summed E-state index contributed by atoms with van der Waals surface area (Å²) in [6.45, 7) is 1.97. The third kappa shape index (κ3) is 1.20. The number of methoxy groups -OCH3 is 1. The van der Waals surface area contributed by atoms with Gasteiger partial charge in [-0.3, -0.25) is 0 Å². The molecule has 2 rings (SSSR count). The summed E-state index contributed by atoms with van der Waals surface area (Å²) < 4.78 is 5.16. The Hall–Kier alpha value is -1.70. The molecule has 0 amide bonds. The molecule has 0 aliphatic carbocycles. The van der Waals surface area contributed by atoms with E-state index in [2.05, 4.69) is 0 Å². The molecule has 1 N–H and O–H groups in total. The molecule has 0 aliphatic heterocycles. The van der Waals surface area contributed by atoms with Crippen LogP contribution in [0.2, 0.25) is 0 Å². The zero-order valence-corrected chi connectivity index (χ0v) is 8.24. The van der Waals surface area contributed by atoms with Gasteiger partial charge >= 0.3 is 0 Å². The number of fused-ring (bicyclic) bond motifs is 1. The molecular weight excluding hydrogens is 176 g/mol. The largest absolute Gasteiger partial charge is 0.504 e. The van der Waals surface area contributed by atoms with Crippen molar-refractivity contribution in [3.05, 3.63) is 35.9 Å². The first kappa shape index (κ1) is 8.88. The van der Waals surface area contributed by atoms with Gasteiger partial charge in [-0.15, -0.1) is 0 Å². The molecule has 0 bridgehead atoms. The zero-order valence-electron chi connectivity index (χ0n) is 8.24. The number of hydrogen-bond acceptors (Lipinski definition) is 2. The number of phenolic OH excluding ortho intramolecular Hbond substituents is 1. The van der Waals surface area contributed by atoms with Crippen LogP contribution in [0.4, 0.5) is 0 Å². The van der Waals surface area contributed by atoms with E-state index in [1.54, 1.807) is 13.2 Å². The number of aromatic hydroxyl groups is 1. The van der Waals surface area contributed by atoms with Gasteiger partial charge in [0.1, 0.15) is 0 Å².